The molecule has 0 aliphatic carbocycles. The molecule has 0 fully saturated rings. The molecule has 196 valence electrons. The Morgan fingerprint density at radius 2 is 2.00 bits per heavy atom. The topological polar surface area (TPSA) is 127 Å². The number of amides is 1. The molecule has 1 atom stereocenters. The Hall–Kier alpha value is -3.08. The molecule has 0 saturated heterocycles. The summed E-state index contributed by atoms with van der Waals surface area (Å²) in [7, 11) is -3.56. The summed E-state index contributed by atoms with van der Waals surface area (Å²) in [5.74, 6) is -1.25. The smallest absolute Gasteiger partial charge is 0.407 e. The molecular formula is C23H29F2N5O5S. The molecule has 0 radical (unpaired) electrons. The molecule has 2 heterocycles. The molecule has 1 aromatic heterocycles. The van der Waals surface area contributed by atoms with Crippen molar-refractivity contribution in [3.63, 3.8) is 0 Å². The highest BCUT2D eigenvalue weighted by Gasteiger charge is 2.42. The maximum Gasteiger partial charge on any atom is 0.407 e. The van der Waals surface area contributed by atoms with Crippen molar-refractivity contribution in [1.29, 1.82) is 5.26 Å². The average Bonchev–Trinajstić information content (AvgIpc) is 3.33. The first-order valence-corrected chi connectivity index (χ1v) is 13.0. The Bertz CT molecular complexity index is 1250. The van der Waals surface area contributed by atoms with Gasteiger partial charge in [-0.25, -0.2) is 22.0 Å². The first kappa shape index (κ1) is 27.5. The minimum Gasteiger partial charge on any atom is -0.444 e. The number of nitrogens with one attached hydrogen (secondary N) is 1. The summed E-state index contributed by atoms with van der Waals surface area (Å²) in [6, 6.07) is 5.26. The molecule has 1 aliphatic heterocycles. The first-order valence-electron chi connectivity index (χ1n) is 11.2. The number of ether oxygens (including phenoxy) is 2. The molecule has 0 saturated carbocycles. The molecule has 1 N–H and O–H groups in total. The van der Waals surface area contributed by atoms with E-state index in [-0.39, 0.29) is 44.8 Å². The fraction of sp³-hybridized carbons (Fsp3) is 0.522. The molecule has 1 unspecified atom stereocenters. The summed E-state index contributed by atoms with van der Waals surface area (Å²) in [5.41, 5.74) is -0.852. The van der Waals surface area contributed by atoms with Gasteiger partial charge in [0.1, 0.15) is 22.8 Å². The number of hydrogen-bond acceptors (Lipinski definition) is 8. The molecule has 13 heteroatoms. The number of halogens is 2. The van der Waals surface area contributed by atoms with Crippen molar-refractivity contribution in [3.8, 4) is 6.07 Å². The van der Waals surface area contributed by atoms with E-state index in [1.54, 1.807) is 25.7 Å². The Balaban J connectivity index is 1.76. The Morgan fingerprint density at radius 1 is 1.28 bits per heavy atom. The van der Waals surface area contributed by atoms with E-state index in [9.17, 15) is 27.3 Å². The van der Waals surface area contributed by atoms with E-state index in [0.29, 0.717) is 11.3 Å². The second-order valence-corrected chi connectivity index (χ2v) is 11.5. The van der Waals surface area contributed by atoms with Crippen molar-refractivity contribution >= 4 is 16.1 Å². The van der Waals surface area contributed by atoms with Crippen LogP contribution in [0.3, 0.4) is 0 Å². The van der Waals surface area contributed by atoms with Gasteiger partial charge in [0.2, 0.25) is 0 Å². The molecule has 1 amide bonds. The van der Waals surface area contributed by atoms with Crippen molar-refractivity contribution in [2.24, 2.45) is 0 Å². The summed E-state index contributed by atoms with van der Waals surface area (Å²) in [5, 5.41) is 16.9. The highest BCUT2D eigenvalue weighted by molar-refractivity contribution is 7.89. The number of nitrogens with zero attached hydrogens (tertiary/aromatic N) is 4. The lowest BCUT2D eigenvalue weighted by atomic mass is 9.95. The highest BCUT2D eigenvalue weighted by Crippen LogP contribution is 2.31. The van der Waals surface area contributed by atoms with Crippen LogP contribution in [0.2, 0.25) is 0 Å². The number of aromatic nitrogens is 2. The maximum absolute atomic E-state index is 14.0. The van der Waals surface area contributed by atoms with E-state index >= 15 is 0 Å². The Kier molecular flexibility index (Phi) is 8.02. The lowest BCUT2D eigenvalue weighted by molar-refractivity contribution is 0.00567. The Labute approximate surface area is 208 Å². The van der Waals surface area contributed by atoms with Crippen LogP contribution in [0, 0.1) is 23.0 Å². The fourth-order valence-corrected chi connectivity index (χ4v) is 4.32. The van der Waals surface area contributed by atoms with Crippen LogP contribution in [0.15, 0.2) is 24.4 Å². The van der Waals surface area contributed by atoms with E-state index in [1.807, 2.05) is 0 Å². The van der Waals surface area contributed by atoms with Gasteiger partial charge in [-0.3, -0.25) is 4.90 Å². The van der Waals surface area contributed by atoms with Crippen LogP contribution < -0.4 is 5.32 Å². The number of nitriles is 1. The number of carbonyl (C=O) groups is 1. The summed E-state index contributed by atoms with van der Waals surface area (Å²) >= 11 is 0. The second-order valence-electron chi connectivity index (χ2n) is 9.64. The zero-order valence-electron chi connectivity index (χ0n) is 20.5. The lowest BCUT2D eigenvalue weighted by Crippen LogP contribution is -2.51. The van der Waals surface area contributed by atoms with Crippen LogP contribution in [0.5, 0.6) is 0 Å². The van der Waals surface area contributed by atoms with Crippen molar-refractivity contribution in [2.75, 3.05) is 19.4 Å². The lowest BCUT2D eigenvalue weighted by Gasteiger charge is -2.36. The predicted molar refractivity (Wildman–Crippen MR) is 125 cm³/mol. The number of fused-ring (bicyclic) bond motifs is 1. The average molecular weight is 526 g/mol. The molecule has 1 aromatic carbocycles. The molecule has 1 aliphatic rings. The molecule has 2 aromatic rings. The van der Waals surface area contributed by atoms with Crippen LogP contribution >= 0.6 is 0 Å². The first-order chi connectivity index (χ1) is 16.7. The van der Waals surface area contributed by atoms with Crippen molar-refractivity contribution in [1.82, 2.24) is 19.4 Å². The quantitative estimate of drug-likeness (QED) is 0.530. The molecular weight excluding hydrogens is 496 g/mol. The molecule has 36 heavy (non-hydrogen) atoms. The highest BCUT2D eigenvalue weighted by atomic mass is 32.2. The third-order valence-electron chi connectivity index (χ3n) is 5.52. The van der Waals surface area contributed by atoms with E-state index in [4.69, 9.17) is 9.47 Å². The van der Waals surface area contributed by atoms with Crippen LogP contribution in [-0.4, -0.2) is 59.1 Å². The van der Waals surface area contributed by atoms with E-state index < -0.39 is 38.9 Å². The minimum atomic E-state index is -3.56. The largest absolute Gasteiger partial charge is 0.444 e. The van der Waals surface area contributed by atoms with Gasteiger partial charge in [0.05, 0.1) is 31.2 Å². The van der Waals surface area contributed by atoms with E-state index in [1.165, 1.54) is 6.20 Å². The second kappa shape index (κ2) is 10.5. The summed E-state index contributed by atoms with van der Waals surface area (Å²) in [6.45, 7) is 5.15. The molecule has 10 nitrogen and oxygen atoms in total. The summed E-state index contributed by atoms with van der Waals surface area (Å²) < 4.78 is 63.0. The number of benzene rings is 1. The van der Waals surface area contributed by atoms with Gasteiger partial charge in [0, 0.05) is 37.0 Å². The van der Waals surface area contributed by atoms with Gasteiger partial charge in [0.25, 0.3) is 10.0 Å². The van der Waals surface area contributed by atoms with Gasteiger partial charge in [-0.15, -0.1) is 0 Å². The zero-order chi connectivity index (χ0) is 26.7. The van der Waals surface area contributed by atoms with Gasteiger partial charge in [0.15, 0.2) is 0 Å². The summed E-state index contributed by atoms with van der Waals surface area (Å²) in [4.78, 5) is 13.8. The van der Waals surface area contributed by atoms with Gasteiger partial charge in [-0.2, -0.15) is 14.4 Å². The van der Waals surface area contributed by atoms with Crippen molar-refractivity contribution in [3.05, 3.63) is 52.9 Å². The van der Waals surface area contributed by atoms with E-state index in [2.05, 4.69) is 16.5 Å². The predicted octanol–water partition coefficient (Wildman–Crippen LogP) is 2.68. The molecule has 0 spiro atoms. The third-order valence-corrected chi connectivity index (χ3v) is 6.39. The number of alkyl carbamates (subject to hydrolysis) is 1. The molecule has 0 bridgehead atoms. The fourth-order valence-electron chi connectivity index (χ4n) is 3.75. The third kappa shape index (κ3) is 6.77. The zero-order valence-corrected chi connectivity index (χ0v) is 21.4. The standard InChI is InChI=1S/C23H29F2N5O5S/c1-22(2,3)35-21(31)27-8-7-23(14-26,15-34-13-16-9-18(24)5-6-19(16)25)29-10-17-11-30(36(4,32)33)28-20(17)12-29/h5-6,9,11H,7-8,10,12-13,15H2,1-4H3,(H,27,31). The Morgan fingerprint density at radius 3 is 2.61 bits per heavy atom. The summed E-state index contributed by atoms with van der Waals surface area (Å²) in [6.07, 6.45) is 1.90. The van der Waals surface area contributed by atoms with Gasteiger partial charge in [-0.1, -0.05) is 0 Å². The maximum atomic E-state index is 14.0. The van der Waals surface area contributed by atoms with Crippen molar-refractivity contribution in [2.45, 2.75) is 58.0 Å². The van der Waals surface area contributed by atoms with Crippen LogP contribution in [0.4, 0.5) is 13.6 Å². The normalized spacial score (nSPS) is 15.7. The van der Waals surface area contributed by atoms with Crippen LogP contribution in [0.25, 0.3) is 0 Å². The monoisotopic (exact) mass is 525 g/mol. The number of rotatable bonds is 9. The van der Waals surface area contributed by atoms with Gasteiger partial charge in [-0.05, 0) is 45.4 Å². The van der Waals surface area contributed by atoms with Crippen molar-refractivity contribution < 1.29 is 31.5 Å². The van der Waals surface area contributed by atoms with E-state index in [0.717, 1.165) is 28.5 Å². The van der Waals surface area contributed by atoms with Crippen LogP contribution in [0.1, 0.15) is 44.0 Å². The van der Waals surface area contributed by atoms with Crippen LogP contribution in [-0.2, 0) is 39.2 Å². The minimum absolute atomic E-state index is 0.00267. The molecule has 3 rings (SSSR count). The number of hydrogen-bond donors (Lipinski definition) is 1. The number of carbonyl (C=O) groups excluding carboxylic acids is 1. The SMILES string of the molecule is CC(C)(C)OC(=O)NCCC(C#N)(COCc1cc(F)ccc1F)N1Cc2cn(S(C)(=O)=O)nc2C1. The van der Waals surface area contributed by atoms with Gasteiger partial charge >= 0.3 is 6.09 Å². The van der Waals surface area contributed by atoms with Gasteiger partial charge < -0.3 is 14.8 Å².